The number of aliphatic hydroxyl groups is 3. The van der Waals surface area contributed by atoms with E-state index in [9.17, 15) is 42.9 Å². The van der Waals surface area contributed by atoms with Crippen LogP contribution in [-0.2, 0) is 14.4 Å². The zero-order valence-electron chi connectivity index (χ0n) is 54.5. The smallest absolute Gasteiger partial charge is 0.303 e. The zero-order valence-corrected chi connectivity index (χ0v) is 54.5. The van der Waals surface area contributed by atoms with Gasteiger partial charge in [-0.05, 0) is 275 Å². The highest BCUT2D eigenvalue weighted by molar-refractivity contribution is 5.67. The van der Waals surface area contributed by atoms with Crippen LogP contribution < -0.4 is 0 Å². The van der Waals surface area contributed by atoms with Crippen molar-refractivity contribution in [2.24, 2.45) is 139 Å². The Kier molecular flexibility index (Phi) is 18.9. The van der Waals surface area contributed by atoms with Crippen molar-refractivity contribution in [2.45, 2.75) is 291 Å². The predicted octanol–water partition coefficient (Wildman–Crippen LogP) is 17.3. The predicted molar refractivity (Wildman–Crippen MR) is 323 cm³/mol. The lowest BCUT2D eigenvalue weighted by Crippen LogP contribution is -2.63. The Morgan fingerprint density at radius 1 is 0.402 bits per heavy atom. The molecule has 12 aliphatic carbocycles. The first-order valence-corrected chi connectivity index (χ1v) is 35.3. The quantitative estimate of drug-likeness (QED) is 0.104. The highest BCUT2D eigenvalue weighted by Gasteiger charge is 2.71. The van der Waals surface area contributed by atoms with Gasteiger partial charge in [0.25, 0.3) is 0 Å². The van der Waals surface area contributed by atoms with Crippen LogP contribution in [0.4, 0.5) is 26.3 Å². The molecule has 12 aliphatic rings. The third kappa shape index (κ3) is 12.1. The standard InChI is InChI=1S/C24H38F2O4.C24H38F2O3.C24H38F2O2/c1-14(4-7-19(27)28)16-5-6-17-20-18(8-9-22(16,17)3)21(2)10-11-23(25,29)12-15(21)13-24(20,26)30;1-14(4-7-20(27)28)17-5-6-18-21-19(9-11-23(17,18)3)22(2)10-8-16(25)12-15(22)13-24(21,26)29;1-14(4-7-21(27)28)17-5-6-18-22-19(9-11-24(17,18)3)23(2)10-8-16(25)12-15(23)13-20(22)26/h14-18,20,29-30H,4-13H2,1-3H3,(H,27,28);14-19,21,29H,4-13H2,1-3H3,(H,27,28);14-20,22H,4-13H2,1-3H3,(H,27,28). The second-order valence-corrected chi connectivity index (χ2v) is 34.5. The van der Waals surface area contributed by atoms with Crippen LogP contribution in [-0.4, -0.2) is 84.6 Å². The molecule has 30 atom stereocenters. The van der Waals surface area contributed by atoms with Gasteiger partial charge in [0, 0.05) is 56.8 Å². The number of hydrogen-bond donors (Lipinski definition) is 6. The average Bonchev–Trinajstić information content (AvgIpc) is 1.72. The highest BCUT2D eigenvalue weighted by Crippen LogP contribution is 2.74. The van der Waals surface area contributed by atoms with Gasteiger partial charge in [0.1, 0.15) is 18.5 Å². The maximum absolute atomic E-state index is 15.9. The van der Waals surface area contributed by atoms with Crippen molar-refractivity contribution < 1.29 is 71.4 Å². The monoisotopic (exact) mass is 1240 g/mol. The SMILES string of the molecule is CC(CCC(=O)O)C1CCC2C3C(CCC12C)C1(C)CCC(F)CC1CC3(O)F.CC(CCC(=O)O)C1CCC2C3C(CCC12C)C1(C)CCC(O)(F)CC1CC3(O)F.CC(CCC(=O)O)C1CCC2C3C(F)CC4CC(F)CCC4(C)C3CCC12C. The van der Waals surface area contributed by atoms with Gasteiger partial charge >= 0.3 is 17.9 Å². The van der Waals surface area contributed by atoms with Crippen LogP contribution in [0.5, 0.6) is 0 Å². The number of carbonyl (C=O) groups is 3. The molecule has 6 N–H and O–H groups in total. The van der Waals surface area contributed by atoms with E-state index in [1.807, 2.05) is 0 Å². The summed E-state index contributed by atoms with van der Waals surface area (Å²) in [6.07, 6.45) is 17.0. The number of hydrogen-bond acceptors (Lipinski definition) is 6. The zero-order chi connectivity index (χ0) is 63.6. The Balaban J connectivity index is 0.000000145. The maximum atomic E-state index is 15.9. The molecule has 498 valence electrons. The van der Waals surface area contributed by atoms with E-state index in [1.54, 1.807) is 0 Å². The third-order valence-electron chi connectivity index (χ3n) is 30.6. The lowest BCUT2D eigenvalue weighted by Gasteiger charge is -2.63. The fraction of sp³-hybridized carbons (Fsp3) is 0.958. The van der Waals surface area contributed by atoms with E-state index < -0.39 is 59.9 Å². The molecule has 12 fully saturated rings. The van der Waals surface area contributed by atoms with E-state index in [0.717, 1.165) is 96.3 Å². The fourth-order valence-corrected chi connectivity index (χ4v) is 26.0. The molecule has 0 amide bonds. The molecule has 0 bridgehead atoms. The van der Waals surface area contributed by atoms with Crippen molar-refractivity contribution in [1.82, 2.24) is 0 Å². The highest BCUT2D eigenvalue weighted by atomic mass is 19.2. The maximum Gasteiger partial charge on any atom is 0.303 e. The van der Waals surface area contributed by atoms with Gasteiger partial charge in [-0.1, -0.05) is 62.3 Å². The Morgan fingerprint density at radius 3 is 1.17 bits per heavy atom. The van der Waals surface area contributed by atoms with Crippen LogP contribution in [0.1, 0.15) is 255 Å². The Hall–Kier alpha value is -2.13. The van der Waals surface area contributed by atoms with Crippen LogP contribution in [0.15, 0.2) is 0 Å². The molecular weight excluding hydrogens is 1120 g/mol. The molecule has 0 aliphatic heterocycles. The van der Waals surface area contributed by atoms with Crippen molar-refractivity contribution in [3.63, 3.8) is 0 Å². The molecular formula is C72H114F6O9. The number of fused-ring (bicyclic) bond motifs is 15. The van der Waals surface area contributed by atoms with Gasteiger partial charge in [-0.2, -0.15) is 0 Å². The molecule has 0 aromatic carbocycles. The fourth-order valence-electron chi connectivity index (χ4n) is 26.0. The summed E-state index contributed by atoms with van der Waals surface area (Å²) in [6, 6.07) is 0. The number of carboxylic acid groups (broad SMARTS) is 3. The summed E-state index contributed by atoms with van der Waals surface area (Å²) in [4.78, 5) is 33.1. The average molecular weight is 1240 g/mol. The summed E-state index contributed by atoms with van der Waals surface area (Å²) in [5.41, 5.74) is -0.207. The van der Waals surface area contributed by atoms with Gasteiger partial charge in [-0.3, -0.25) is 14.4 Å². The molecule has 15 heteroatoms. The van der Waals surface area contributed by atoms with Crippen molar-refractivity contribution in [3.05, 3.63) is 0 Å². The van der Waals surface area contributed by atoms with Gasteiger partial charge < -0.3 is 30.6 Å². The third-order valence-corrected chi connectivity index (χ3v) is 30.6. The van der Waals surface area contributed by atoms with Gasteiger partial charge in [0.05, 0.1) is 0 Å². The van der Waals surface area contributed by atoms with Gasteiger partial charge in [0.15, 0.2) is 0 Å². The minimum Gasteiger partial charge on any atom is -0.481 e. The summed E-state index contributed by atoms with van der Waals surface area (Å²) in [6.45, 7) is 20.1. The summed E-state index contributed by atoms with van der Waals surface area (Å²) >= 11 is 0. The van der Waals surface area contributed by atoms with Crippen molar-refractivity contribution in [3.8, 4) is 0 Å². The second-order valence-electron chi connectivity index (χ2n) is 34.5. The lowest BCUT2D eigenvalue weighted by molar-refractivity contribution is -0.284. The summed E-state index contributed by atoms with van der Waals surface area (Å²) in [5, 5.41) is 59.2. The molecule has 0 spiro atoms. The molecule has 0 saturated heterocycles. The van der Waals surface area contributed by atoms with Gasteiger partial charge in [-0.25, -0.2) is 26.3 Å². The number of alkyl halides is 6. The van der Waals surface area contributed by atoms with E-state index >= 15 is 13.2 Å². The summed E-state index contributed by atoms with van der Waals surface area (Å²) in [5.74, 6) is -6.67. The molecule has 12 rings (SSSR count). The van der Waals surface area contributed by atoms with E-state index in [2.05, 4.69) is 62.3 Å². The van der Waals surface area contributed by atoms with Crippen LogP contribution in [0, 0.1) is 139 Å². The first-order chi connectivity index (χ1) is 40.5. The van der Waals surface area contributed by atoms with E-state index in [4.69, 9.17) is 15.3 Å². The van der Waals surface area contributed by atoms with Crippen molar-refractivity contribution >= 4 is 17.9 Å². The normalized spacial score (nSPS) is 52.9. The number of rotatable bonds is 12. The molecule has 30 unspecified atom stereocenters. The summed E-state index contributed by atoms with van der Waals surface area (Å²) in [7, 11) is 0. The van der Waals surface area contributed by atoms with E-state index in [1.165, 1.54) is 0 Å². The van der Waals surface area contributed by atoms with Crippen molar-refractivity contribution in [1.29, 1.82) is 0 Å². The van der Waals surface area contributed by atoms with Crippen LogP contribution >= 0.6 is 0 Å². The number of halogens is 6. The minimum absolute atomic E-state index is 0.00602. The molecule has 0 heterocycles. The first-order valence-electron chi connectivity index (χ1n) is 35.3. The van der Waals surface area contributed by atoms with Crippen molar-refractivity contribution in [2.75, 3.05) is 0 Å². The Morgan fingerprint density at radius 2 is 0.736 bits per heavy atom. The Labute approximate surface area is 517 Å². The van der Waals surface area contributed by atoms with Gasteiger partial charge in [-0.15, -0.1) is 0 Å². The summed E-state index contributed by atoms with van der Waals surface area (Å²) < 4.78 is 89.8. The number of aliphatic carboxylic acids is 3. The van der Waals surface area contributed by atoms with Crippen LogP contribution in [0.3, 0.4) is 0 Å². The second kappa shape index (κ2) is 24.3. The van der Waals surface area contributed by atoms with Crippen LogP contribution in [0.2, 0.25) is 0 Å². The van der Waals surface area contributed by atoms with E-state index in [-0.39, 0.29) is 137 Å². The van der Waals surface area contributed by atoms with Crippen LogP contribution in [0.25, 0.3) is 0 Å². The number of carboxylic acids is 3. The molecule has 0 radical (unpaired) electrons. The topological polar surface area (TPSA) is 173 Å². The molecule has 87 heavy (non-hydrogen) atoms. The van der Waals surface area contributed by atoms with E-state index in [0.29, 0.717) is 92.8 Å². The first kappa shape index (κ1) is 67.8. The molecule has 0 aromatic heterocycles. The van der Waals surface area contributed by atoms with Gasteiger partial charge in [0.2, 0.25) is 17.6 Å². The Bertz CT molecular complexity index is 2480. The largest absolute Gasteiger partial charge is 0.481 e. The lowest BCUT2D eigenvalue weighted by atomic mass is 9.43. The molecule has 9 nitrogen and oxygen atoms in total. The minimum atomic E-state index is -2.34. The molecule has 12 saturated carbocycles. The molecule has 0 aromatic rings.